The highest BCUT2D eigenvalue weighted by atomic mass is 16.1. The maximum Gasteiger partial charge on any atom is 0.221 e. The quantitative estimate of drug-likeness (QED) is 0.741. The highest BCUT2D eigenvalue weighted by molar-refractivity contribution is 5.94. The molecular formula is C11H14N2O2. The Morgan fingerprint density at radius 3 is 2.20 bits per heavy atom. The molecule has 15 heavy (non-hydrogen) atoms. The molecule has 0 atom stereocenters. The first-order chi connectivity index (χ1) is 7.04. The van der Waals surface area contributed by atoms with Gasteiger partial charge in [-0.2, -0.15) is 0 Å². The van der Waals surface area contributed by atoms with Crippen LogP contribution in [0.2, 0.25) is 0 Å². The first kappa shape index (κ1) is 11.2. The third-order valence-corrected chi connectivity index (χ3v) is 2.16. The van der Waals surface area contributed by atoms with Crippen molar-refractivity contribution in [3.05, 3.63) is 23.3 Å². The predicted molar refractivity (Wildman–Crippen MR) is 59.9 cm³/mol. The lowest BCUT2D eigenvalue weighted by atomic mass is 10.1. The van der Waals surface area contributed by atoms with E-state index in [-0.39, 0.29) is 5.91 Å². The summed E-state index contributed by atoms with van der Waals surface area (Å²) in [6.07, 6.45) is 0.593. The van der Waals surface area contributed by atoms with Crippen LogP contribution in [0.4, 0.5) is 11.4 Å². The fraction of sp³-hybridized carbons (Fsp3) is 0.273. The zero-order valence-electron chi connectivity index (χ0n) is 9.05. The molecule has 0 unspecified atom stereocenters. The van der Waals surface area contributed by atoms with Crippen LogP contribution in [0.3, 0.4) is 0 Å². The summed E-state index contributed by atoms with van der Waals surface area (Å²) in [7, 11) is 0. The molecular weight excluding hydrogens is 192 g/mol. The molecule has 0 saturated heterocycles. The van der Waals surface area contributed by atoms with Crippen LogP contribution in [0.5, 0.6) is 0 Å². The lowest BCUT2D eigenvalue weighted by molar-refractivity contribution is -0.114. The van der Waals surface area contributed by atoms with Crippen LogP contribution in [0, 0.1) is 13.8 Å². The molecule has 0 heterocycles. The van der Waals surface area contributed by atoms with Crippen molar-refractivity contribution in [3.8, 4) is 0 Å². The summed E-state index contributed by atoms with van der Waals surface area (Å²) in [5.41, 5.74) is 3.37. The second-order valence-electron chi connectivity index (χ2n) is 3.43. The van der Waals surface area contributed by atoms with Crippen molar-refractivity contribution in [2.45, 2.75) is 20.8 Å². The number of benzene rings is 1. The summed E-state index contributed by atoms with van der Waals surface area (Å²) >= 11 is 0. The lowest BCUT2D eigenvalue weighted by Crippen LogP contribution is -2.09. The Kier molecular flexibility index (Phi) is 3.44. The van der Waals surface area contributed by atoms with Gasteiger partial charge in [0.1, 0.15) is 0 Å². The molecule has 4 nitrogen and oxygen atoms in total. The fourth-order valence-corrected chi connectivity index (χ4v) is 1.29. The molecule has 0 spiro atoms. The number of hydrogen-bond donors (Lipinski definition) is 2. The Morgan fingerprint density at radius 2 is 1.73 bits per heavy atom. The summed E-state index contributed by atoms with van der Waals surface area (Å²) < 4.78 is 0. The number of anilines is 2. The molecule has 2 amide bonds. The largest absolute Gasteiger partial charge is 0.327 e. The summed E-state index contributed by atoms with van der Waals surface area (Å²) in [6, 6.07) is 3.66. The van der Waals surface area contributed by atoms with Crippen molar-refractivity contribution in [1.29, 1.82) is 0 Å². The van der Waals surface area contributed by atoms with Crippen LogP contribution in [-0.2, 0) is 9.59 Å². The van der Waals surface area contributed by atoms with E-state index in [9.17, 15) is 9.59 Å². The van der Waals surface area contributed by atoms with E-state index in [0.29, 0.717) is 17.8 Å². The van der Waals surface area contributed by atoms with E-state index in [4.69, 9.17) is 0 Å². The van der Waals surface area contributed by atoms with Crippen LogP contribution in [0.1, 0.15) is 18.1 Å². The van der Waals surface area contributed by atoms with E-state index in [2.05, 4.69) is 10.6 Å². The first-order valence-electron chi connectivity index (χ1n) is 4.63. The predicted octanol–water partition coefficient (Wildman–Crippen LogP) is 1.83. The standard InChI is InChI=1S/C11H14N2O2/c1-7-4-10(12-6-14)11(5-8(7)2)13-9(3)15/h4-6H,1-3H3,(H,12,14)(H,13,15). The molecule has 0 radical (unpaired) electrons. The SMILES string of the molecule is CC(=O)Nc1cc(C)c(C)cc1NC=O. The first-order valence-corrected chi connectivity index (χ1v) is 4.63. The highest BCUT2D eigenvalue weighted by Gasteiger charge is 2.05. The van der Waals surface area contributed by atoms with Gasteiger partial charge in [0.25, 0.3) is 0 Å². The van der Waals surface area contributed by atoms with Gasteiger partial charge in [0.05, 0.1) is 11.4 Å². The monoisotopic (exact) mass is 206 g/mol. The molecule has 4 heteroatoms. The highest BCUT2D eigenvalue weighted by Crippen LogP contribution is 2.25. The van der Waals surface area contributed by atoms with E-state index in [0.717, 1.165) is 11.1 Å². The third-order valence-electron chi connectivity index (χ3n) is 2.16. The molecule has 0 aliphatic carbocycles. The second kappa shape index (κ2) is 4.59. The van der Waals surface area contributed by atoms with Crippen LogP contribution < -0.4 is 10.6 Å². The molecule has 2 N–H and O–H groups in total. The fourth-order valence-electron chi connectivity index (χ4n) is 1.29. The maximum atomic E-state index is 10.9. The zero-order valence-corrected chi connectivity index (χ0v) is 9.05. The van der Waals surface area contributed by atoms with Gasteiger partial charge < -0.3 is 10.6 Å². The van der Waals surface area contributed by atoms with E-state index in [1.54, 1.807) is 0 Å². The van der Waals surface area contributed by atoms with Gasteiger partial charge in [0.15, 0.2) is 0 Å². The normalized spacial score (nSPS) is 9.53. The van der Waals surface area contributed by atoms with Gasteiger partial charge in [-0.15, -0.1) is 0 Å². The van der Waals surface area contributed by atoms with E-state index >= 15 is 0 Å². The van der Waals surface area contributed by atoms with Gasteiger partial charge in [0.2, 0.25) is 12.3 Å². The molecule has 0 saturated carbocycles. The number of rotatable bonds is 3. The molecule has 1 aromatic rings. The average molecular weight is 206 g/mol. The van der Waals surface area contributed by atoms with Crippen molar-refractivity contribution < 1.29 is 9.59 Å². The minimum absolute atomic E-state index is 0.160. The number of hydrogen-bond acceptors (Lipinski definition) is 2. The Hall–Kier alpha value is -1.84. The molecule has 0 bridgehead atoms. The van der Waals surface area contributed by atoms with Gasteiger partial charge in [-0.25, -0.2) is 0 Å². The van der Waals surface area contributed by atoms with Crippen LogP contribution in [0.15, 0.2) is 12.1 Å². The Labute approximate surface area is 88.7 Å². The summed E-state index contributed by atoms with van der Waals surface area (Å²) in [5, 5.41) is 5.22. The number of amides is 2. The zero-order chi connectivity index (χ0) is 11.4. The average Bonchev–Trinajstić information content (AvgIpc) is 2.13. The maximum absolute atomic E-state index is 10.9. The Bertz CT molecular complexity index is 400. The number of aryl methyl sites for hydroxylation is 2. The van der Waals surface area contributed by atoms with Crippen molar-refractivity contribution in [3.63, 3.8) is 0 Å². The topological polar surface area (TPSA) is 58.2 Å². The second-order valence-corrected chi connectivity index (χ2v) is 3.43. The third kappa shape index (κ3) is 2.80. The number of carbonyl (C=O) groups excluding carboxylic acids is 2. The number of nitrogens with one attached hydrogen (secondary N) is 2. The van der Waals surface area contributed by atoms with Gasteiger partial charge in [-0.3, -0.25) is 9.59 Å². The summed E-state index contributed by atoms with van der Waals surface area (Å²) in [5.74, 6) is -0.160. The Balaban J connectivity index is 3.14. The summed E-state index contributed by atoms with van der Waals surface area (Å²) in [4.78, 5) is 21.3. The van der Waals surface area contributed by atoms with Crippen LogP contribution in [0.25, 0.3) is 0 Å². The van der Waals surface area contributed by atoms with Gasteiger partial charge in [0, 0.05) is 6.92 Å². The van der Waals surface area contributed by atoms with Crippen molar-refractivity contribution >= 4 is 23.7 Å². The summed E-state index contributed by atoms with van der Waals surface area (Å²) in [6.45, 7) is 5.33. The molecule has 1 rings (SSSR count). The minimum Gasteiger partial charge on any atom is -0.327 e. The van der Waals surface area contributed by atoms with Gasteiger partial charge in [-0.1, -0.05) is 0 Å². The van der Waals surface area contributed by atoms with E-state index in [1.165, 1.54) is 6.92 Å². The Morgan fingerprint density at radius 1 is 1.20 bits per heavy atom. The number of carbonyl (C=O) groups is 2. The molecule has 0 aliphatic rings. The van der Waals surface area contributed by atoms with E-state index in [1.807, 2.05) is 26.0 Å². The molecule has 1 aromatic carbocycles. The lowest BCUT2D eigenvalue weighted by Gasteiger charge is -2.11. The molecule has 80 valence electrons. The van der Waals surface area contributed by atoms with Crippen LogP contribution in [-0.4, -0.2) is 12.3 Å². The minimum atomic E-state index is -0.160. The molecule has 0 aromatic heterocycles. The smallest absolute Gasteiger partial charge is 0.221 e. The molecule has 0 fully saturated rings. The van der Waals surface area contributed by atoms with Gasteiger partial charge >= 0.3 is 0 Å². The van der Waals surface area contributed by atoms with Crippen LogP contribution >= 0.6 is 0 Å². The van der Waals surface area contributed by atoms with Crippen molar-refractivity contribution in [2.24, 2.45) is 0 Å². The van der Waals surface area contributed by atoms with E-state index < -0.39 is 0 Å². The molecule has 0 aliphatic heterocycles. The van der Waals surface area contributed by atoms with Crippen molar-refractivity contribution in [2.75, 3.05) is 10.6 Å². The van der Waals surface area contributed by atoms with Gasteiger partial charge in [-0.05, 0) is 37.1 Å². The van der Waals surface area contributed by atoms with Crippen molar-refractivity contribution in [1.82, 2.24) is 0 Å².